The van der Waals surface area contributed by atoms with Gasteiger partial charge in [-0.15, -0.1) is 11.3 Å². The minimum absolute atomic E-state index is 0.911. The highest BCUT2D eigenvalue weighted by atomic mass is 32.1. The Kier molecular flexibility index (Phi) is 4.42. The quantitative estimate of drug-likeness (QED) is 0.835. The van der Waals surface area contributed by atoms with E-state index in [0.29, 0.717) is 0 Å². The van der Waals surface area contributed by atoms with Gasteiger partial charge >= 0.3 is 0 Å². The lowest BCUT2D eigenvalue weighted by Gasteiger charge is -2.28. The molecule has 0 bridgehead atoms. The molecule has 1 N–H and O–H groups in total. The molecule has 0 amide bonds. The van der Waals surface area contributed by atoms with Crippen LogP contribution in [-0.4, -0.2) is 6.54 Å². The number of aryl methyl sites for hydroxylation is 1. The lowest BCUT2D eigenvalue weighted by Crippen LogP contribution is -2.29. The first-order chi connectivity index (χ1) is 7.77. The predicted octanol–water partition coefficient (Wildman–Crippen LogP) is 3.97. The van der Waals surface area contributed by atoms with Crippen LogP contribution in [0.5, 0.6) is 0 Å². The van der Waals surface area contributed by atoms with Gasteiger partial charge in [-0.3, -0.25) is 0 Å². The number of hydrogen-bond acceptors (Lipinski definition) is 2. The summed E-state index contributed by atoms with van der Waals surface area (Å²) in [5.41, 5.74) is 1.44. The van der Waals surface area contributed by atoms with Crippen molar-refractivity contribution in [3.05, 3.63) is 21.9 Å². The Morgan fingerprint density at radius 1 is 1.38 bits per heavy atom. The highest BCUT2D eigenvalue weighted by Gasteiger charge is 2.20. The Labute approximate surface area is 103 Å². The standard InChI is InChI=1S/C14H23NS/c1-11-5-3-4-6-13(11)9-15-10-14-12(2)7-8-16-14/h7-8,11,13,15H,3-6,9-10H2,1-2H3. The lowest BCUT2D eigenvalue weighted by atomic mass is 9.80. The molecule has 2 heteroatoms. The molecule has 16 heavy (non-hydrogen) atoms. The summed E-state index contributed by atoms with van der Waals surface area (Å²) in [6.07, 6.45) is 5.75. The first-order valence-electron chi connectivity index (χ1n) is 6.51. The van der Waals surface area contributed by atoms with E-state index in [-0.39, 0.29) is 0 Å². The molecule has 1 aliphatic rings. The fourth-order valence-corrected chi connectivity index (χ4v) is 3.53. The van der Waals surface area contributed by atoms with E-state index in [1.165, 1.54) is 42.7 Å². The molecule has 90 valence electrons. The van der Waals surface area contributed by atoms with Crippen molar-refractivity contribution in [1.29, 1.82) is 0 Å². The van der Waals surface area contributed by atoms with Crippen molar-refractivity contribution in [3.8, 4) is 0 Å². The second-order valence-electron chi connectivity index (χ2n) is 5.18. The van der Waals surface area contributed by atoms with Crippen LogP contribution in [0.4, 0.5) is 0 Å². The van der Waals surface area contributed by atoms with Crippen molar-refractivity contribution >= 4 is 11.3 Å². The van der Waals surface area contributed by atoms with E-state index in [4.69, 9.17) is 0 Å². The molecule has 1 fully saturated rings. The maximum Gasteiger partial charge on any atom is 0.0302 e. The minimum Gasteiger partial charge on any atom is -0.312 e. The van der Waals surface area contributed by atoms with Crippen LogP contribution in [0, 0.1) is 18.8 Å². The van der Waals surface area contributed by atoms with Crippen molar-refractivity contribution in [1.82, 2.24) is 5.32 Å². The second kappa shape index (κ2) is 5.83. The van der Waals surface area contributed by atoms with Gasteiger partial charge < -0.3 is 5.32 Å². The molecule has 1 nitrogen and oxygen atoms in total. The molecule has 0 aromatic carbocycles. The summed E-state index contributed by atoms with van der Waals surface area (Å²) >= 11 is 1.87. The van der Waals surface area contributed by atoms with Crippen molar-refractivity contribution in [3.63, 3.8) is 0 Å². The lowest BCUT2D eigenvalue weighted by molar-refractivity contribution is 0.248. The molecule has 0 saturated heterocycles. The van der Waals surface area contributed by atoms with Gasteiger partial charge in [0.2, 0.25) is 0 Å². The van der Waals surface area contributed by atoms with Crippen LogP contribution < -0.4 is 5.32 Å². The Balaban J connectivity index is 1.73. The zero-order valence-corrected chi connectivity index (χ0v) is 11.3. The highest BCUT2D eigenvalue weighted by Crippen LogP contribution is 2.29. The van der Waals surface area contributed by atoms with Crippen LogP contribution in [0.3, 0.4) is 0 Å². The monoisotopic (exact) mass is 237 g/mol. The van der Waals surface area contributed by atoms with Gasteiger partial charge in [0, 0.05) is 11.4 Å². The van der Waals surface area contributed by atoms with Gasteiger partial charge in [0.25, 0.3) is 0 Å². The van der Waals surface area contributed by atoms with Gasteiger partial charge in [0.1, 0.15) is 0 Å². The SMILES string of the molecule is Cc1ccsc1CNCC1CCCCC1C. The molecule has 1 saturated carbocycles. The molecule has 1 aromatic heterocycles. The Morgan fingerprint density at radius 3 is 2.88 bits per heavy atom. The first kappa shape index (κ1) is 12.1. The summed E-state index contributed by atoms with van der Waals surface area (Å²) in [5, 5.41) is 5.83. The molecular weight excluding hydrogens is 214 g/mol. The van der Waals surface area contributed by atoms with E-state index in [1.807, 2.05) is 11.3 Å². The summed E-state index contributed by atoms with van der Waals surface area (Å²) < 4.78 is 0. The summed E-state index contributed by atoms with van der Waals surface area (Å²) in [6, 6.07) is 2.21. The van der Waals surface area contributed by atoms with Crippen LogP contribution >= 0.6 is 11.3 Å². The maximum atomic E-state index is 3.64. The van der Waals surface area contributed by atoms with Crippen molar-refractivity contribution in [2.75, 3.05) is 6.54 Å². The number of nitrogens with one attached hydrogen (secondary N) is 1. The van der Waals surface area contributed by atoms with Crippen LogP contribution in [0.2, 0.25) is 0 Å². The van der Waals surface area contributed by atoms with E-state index in [1.54, 1.807) is 0 Å². The zero-order valence-electron chi connectivity index (χ0n) is 10.5. The minimum atomic E-state index is 0.911. The molecule has 1 aliphatic carbocycles. The summed E-state index contributed by atoms with van der Waals surface area (Å²) in [6.45, 7) is 6.89. The number of hydrogen-bond donors (Lipinski definition) is 1. The van der Waals surface area contributed by atoms with Crippen molar-refractivity contribution < 1.29 is 0 Å². The smallest absolute Gasteiger partial charge is 0.0302 e. The second-order valence-corrected chi connectivity index (χ2v) is 6.18. The average molecular weight is 237 g/mol. The van der Waals surface area contributed by atoms with Crippen LogP contribution in [0.15, 0.2) is 11.4 Å². The van der Waals surface area contributed by atoms with E-state index < -0.39 is 0 Å². The summed E-state index contributed by atoms with van der Waals surface area (Å²) in [7, 11) is 0. The van der Waals surface area contributed by atoms with E-state index >= 15 is 0 Å². The van der Waals surface area contributed by atoms with Gasteiger partial charge in [-0.05, 0) is 48.7 Å². The summed E-state index contributed by atoms with van der Waals surface area (Å²) in [5.74, 6) is 1.83. The molecule has 1 heterocycles. The zero-order chi connectivity index (χ0) is 11.4. The van der Waals surface area contributed by atoms with E-state index in [9.17, 15) is 0 Å². The molecule has 1 aromatic rings. The third kappa shape index (κ3) is 3.08. The Hall–Kier alpha value is -0.340. The van der Waals surface area contributed by atoms with Gasteiger partial charge in [-0.1, -0.05) is 26.2 Å². The average Bonchev–Trinajstić information content (AvgIpc) is 2.67. The number of rotatable bonds is 4. The topological polar surface area (TPSA) is 12.0 Å². The van der Waals surface area contributed by atoms with Crippen LogP contribution in [0.1, 0.15) is 43.0 Å². The fraction of sp³-hybridized carbons (Fsp3) is 0.714. The summed E-state index contributed by atoms with van der Waals surface area (Å²) in [4.78, 5) is 1.50. The molecule has 0 radical (unpaired) electrons. The molecule has 0 aliphatic heterocycles. The number of thiophene rings is 1. The molecule has 2 atom stereocenters. The van der Waals surface area contributed by atoms with Crippen molar-refractivity contribution in [2.24, 2.45) is 11.8 Å². The van der Waals surface area contributed by atoms with Crippen LogP contribution in [0.25, 0.3) is 0 Å². The van der Waals surface area contributed by atoms with Crippen LogP contribution in [-0.2, 0) is 6.54 Å². The normalized spacial score (nSPS) is 25.9. The molecular formula is C14H23NS. The van der Waals surface area contributed by atoms with Crippen molar-refractivity contribution in [2.45, 2.75) is 46.1 Å². The maximum absolute atomic E-state index is 3.64. The third-order valence-electron chi connectivity index (χ3n) is 3.95. The van der Waals surface area contributed by atoms with Gasteiger partial charge in [-0.25, -0.2) is 0 Å². The van der Waals surface area contributed by atoms with E-state index in [0.717, 1.165) is 18.4 Å². The molecule has 2 unspecified atom stereocenters. The molecule has 0 spiro atoms. The molecule has 2 rings (SSSR count). The van der Waals surface area contributed by atoms with E-state index in [2.05, 4.69) is 30.6 Å². The van der Waals surface area contributed by atoms with Gasteiger partial charge in [0.15, 0.2) is 0 Å². The van der Waals surface area contributed by atoms with Gasteiger partial charge in [0.05, 0.1) is 0 Å². The fourth-order valence-electron chi connectivity index (χ4n) is 2.65. The Bertz CT molecular complexity index is 318. The highest BCUT2D eigenvalue weighted by molar-refractivity contribution is 7.10. The first-order valence-corrected chi connectivity index (χ1v) is 7.39. The predicted molar refractivity (Wildman–Crippen MR) is 71.9 cm³/mol. The largest absolute Gasteiger partial charge is 0.312 e. The third-order valence-corrected chi connectivity index (χ3v) is 4.97. The Morgan fingerprint density at radius 2 is 2.19 bits per heavy atom. The van der Waals surface area contributed by atoms with Gasteiger partial charge in [-0.2, -0.15) is 0 Å².